The van der Waals surface area contributed by atoms with Crippen LogP contribution in [0.2, 0.25) is 0 Å². The summed E-state index contributed by atoms with van der Waals surface area (Å²) < 4.78 is 0. The molecule has 12 aromatic carbocycles. The summed E-state index contributed by atoms with van der Waals surface area (Å²) in [7, 11) is 0. The minimum absolute atomic E-state index is 0. The van der Waals surface area contributed by atoms with Gasteiger partial charge >= 0.3 is 30.2 Å². The van der Waals surface area contributed by atoms with Crippen molar-refractivity contribution in [2.24, 2.45) is 0 Å². The number of hydrogen-bond acceptors (Lipinski definition) is 0. The van der Waals surface area contributed by atoms with Crippen molar-refractivity contribution in [3.8, 4) is 44.5 Å². The summed E-state index contributed by atoms with van der Waals surface area (Å²) in [5.74, 6) is 0. The van der Waals surface area contributed by atoms with Gasteiger partial charge in [-0.05, 0) is 67.1 Å². The van der Waals surface area contributed by atoms with Crippen molar-refractivity contribution in [1.82, 2.24) is 0 Å². The molecule has 66 heavy (non-hydrogen) atoms. The van der Waals surface area contributed by atoms with E-state index in [0.717, 1.165) is 12.8 Å². The number of rotatable bonds is 6. The molecule has 0 nitrogen and oxygen atoms in total. The van der Waals surface area contributed by atoms with Crippen LogP contribution in [0.15, 0.2) is 218 Å². The second-order valence-electron chi connectivity index (χ2n) is 16.5. The van der Waals surface area contributed by atoms with Crippen molar-refractivity contribution < 1.29 is 23.3 Å². The van der Waals surface area contributed by atoms with Crippen molar-refractivity contribution in [3.05, 3.63) is 244 Å². The molecule has 0 spiro atoms. The van der Waals surface area contributed by atoms with E-state index in [1.807, 2.05) is 0 Å². The summed E-state index contributed by atoms with van der Waals surface area (Å²) in [6, 6.07) is 80.1. The second-order valence-corrected chi connectivity index (χ2v) is 16.5. The molecule has 0 aliphatic rings. The van der Waals surface area contributed by atoms with E-state index >= 15 is 0 Å². The fraction of sp³-hybridized carbons (Fsp3) is 0.0625. The average Bonchev–Trinajstić information content (AvgIpc) is 4.02. The SMILES string of the molecule is CCc1cc2c(-c3cccc4ccccc34)ccc(-c3cccc4ccccc34)c2[cH-]1.CCc1cc2c(-c3cccc4ccccc34)ccc(-c3cccc4ccccc34)c2[cH-]1.[CH3-].[CH3-].[Si]=[Zr]. The minimum atomic E-state index is 0. The zero-order valence-corrected chi connectivity index (χ0v) is 41.7. The molecule has 0 aliphatic carbocycles. The summed E-state index contributed by atoms with van der Waals surface area (Å²) in [5.41, 5.74) is 13.3. The van der Waals surface area contributed by atoms with Gasteiger partial charge in [-0.25, -0.2) is 0 Å². The maximum atomic E-state index is 3.06. The van der Waals surface area contributed by atoms with E-state index in [0.29, 0.717) is 0 Å². The van der Waals surface area contributed by atoms with Gasteiger partial charge < -0.3 is 14.9 Å². The molecule has 12 rings (SSSR count). The predicted octanol–water partition coefficient (Wildman–Crippen LogP) is 18.0. The van der Waals surface area contributed by atoms with Gasteiger partial charge in [0.15, 0.2) is 0 Å². The molecule has 0 bridgehead atoms. The van der Waals surface area contributed by atoms with Crippen LogP contribution in [-0.4, -0.2) is 6.88 Å². The number of fused-ring (bicyclic) bond motifs is 6. The number of benzene rings is 10. The Morgan fingerprint density at radius 2 is 0.545 bits per heavy atom. The van der Waals surface area contributed by atoms with E-state index in [4.69, 9.17) is 0 Å². The average molecular weight is 940 g/mol. The van der Waals surface area contributed by atoms with Gasteiger partial charge in [-0.1, -0.05) is 241 Å². The molecule has 0 saturated carbocycles. The summed E-state index contributed by atoms with van der Waals surface area (Å²) in [6.45, 7) is 7.54. The zero-order chi connectivity index (χ0) is 43.6. The Labute approximate surface area is 407 Å². The summed E-state index contributed by atoms with van der Waals surface area (Å²) in [5, 5.41) is 15.8. The summed E-state index contributed by atoms with van der Waals surface area (Å²) >= 11 is 1.36. The van der Waals surface area contributed by atoms with Crippen LogP contribution in [0.1, 0.15) is 25.0 Å². The molecule has 2 radical (unpaired) electrons. The first-order valence-corrected chi connectivity index (χ1v) is 26.5. The molecule has 0 fully saturated rings. The first kappa shape index (κ1) is 46.1. The molecule has 320 valence electrons. The van der Waals surface area contributed by atoms with Crippen molar-refractivity contribution in [3.63, 3.8) is 0 Å². The maximum absolute atomic E-state index is 3.06. The van der Waals surface area contributed by atoms with Gasteiger partial charge in [-0.2, -0.15) is 12.1 Å². The van der Waals surface area contributed by atoms with E-state index < -0.39 is 0 Å². The standard InChI is InChI=1S/2C31H23.2CH3.Si.Zr/c2*1-2-21-19-30-28(26-15-7-11-22-9-3-5-13-24(22)26)17-18-29(31(30)20-21)27-16-8-12-23-10-4-6-14-25(23)27;;;;/h2*3-20H,2H2,1H3;2*1H3;;/q4*-1;;. The predicted molar refractivity (Wildman–Crippen MR) is 288 cm³/mol. The summed E-state index contributed by atoms with van der Waals surface area (Å²) in [6.07, 6.45) is 2.08. The van der Waals surface area contributed by atoms with Crippen LogP contribution in [0.3, 0.4) is 0 Å². The second kappa shape index (κ2) is 20.4. The van der Waals surface area contributed by atoms with Crippen LogP contribution in [0.4, 0.5) is 0 Å². The molecule has 12 aromatic rings. The van der Waals surface area contributed by atoms with Crippen LogP contribution >= 0.6 is 0 Å². The van der Waals surface area contributed by atoms with E-state index in [2.05, 4.69) is 239 Å². The Morgan fingerprint density at radius 1 is 0.303 bits per heavy atom. The van der Waals surface area contributed by atoms with Crippen LogP contribution in [-0.2, 0) is 36.2 Å². The van der Waals surface area contributed by atoms with Gasteiger partial charge in [0, 0.05) is 0 Å². The third kappa shape index (κ3) is 8.46. The molecule has 0 heterocycles. The monoisotopic (exact) mass is 938 g/mol. The normalized spacial score (nSPS) is 10.9. The quantitative estimate of drug-likeness (QED) is 0.115. The van der Waals surface area contributed by atoms with Gasteiger partial charge in [-0.15, -0.1) is 44.8 Å². The Balaban J connectivity index is 0.000000168. The van der Waals surface area contributed by atoms with Crippen LogP contribution in [0.5, 0.6) is 0 Å². The summed E-state index contributed by atoms with van der Waals surface area (Å²) in [4.78, 5) is 0. The molecule has 0 aliphatic heterocycles. The Hall–Kier alpha value is -6.44. The molecular formula is C64H52SiZr-4. The van der Waals surface area contributed by atoms with E-state index in [-0.39, 0.29) is 14.9 Å². The number of hydrogen-bond donors (Lipinski definition) is 0. The van der Waals surface area contributed by atoms with Crippen LogP contribution in [0.25, 0.3) is 109 Å². The Morgan fingerprint density at radius 3 is 0.848 bits per heavy atom. The molecular weight excluding hydrogens is 888 g/mol. The van der Waals surface area contributed by atoms with Gasteiger partial charge in [-0.3, -0.25) is 0 Å². The third-order valence-corrected chi connectivity index (χ3v) is 13.0. The molecule has 2 heteroatoms. The van der Waals surface area contributed by atoms with E-state index in [9.17, 15) is 0 Å². The Kier molecular flexibility index (Phi) is 14.2. The van der Waals surface area contributed by atoms with Crippen molar-refractivity contribution >= 4 is 71.5 Å². The molecule has 0 saturated heterocycles. The van der Waals surface area contributed by atoms with Crippen LogP contribution < -0.4 is 0 Å². The first-order chi connectivity index (χ1) is 31.7. The van der Waals surface area contributed by atoms with Gasteiger partial charge in [0.05, 0.1) is 0 Å². The van der Waals surface area contributed by atoms with Crippen molar-refractivity contribution in [2.75, 3.05) is 0 Å². The van der Waals surface area contributed by atoms with E-state index in [1.54, 1.807) is 0 Å². The van der Waals surface area contributed by atoms with Crippen molar-refractivity contribution in [2.45, 2.75) is 26.7 Å². The topological polar surface area (TPSA) is 0 Å². The zero-order valence-electron chi connectivity index (χ0n) is 38.2. The Bertz CT molecular complexity index is 3140. The number of aryl methyl sites for hydroxylation is 2. The van der Waals surface area contributed by atoms with Gasteiger partial charge in [0.25, 0.3) is 0 Å². The fourth-order valence-corrected chi connectivity index (χ4v) is 9.91. The molecule has 0 amide bonds. The molecule has 0 N–H and O–H groups in total. The van der Waals surface area contributed by atoms with Crippen LogP contribution in [0, 0.1) is 14.9 Å². The third-order valence-electron chi connectivity index (χ3n) is 13.0. The van der Waals surface area contributed by atoms with E-state index in [1.165, 1.54) is 144 Å². The van der Waals surface area contributed by atoms with Gasteiger partial charge in [0.1, 0.15) is 0 Å². The fourth-order valence-electron chi connectivity index (χ4n) is 9.91. The first-order valence-electron chi connectivity index (χ1n) is 22.3. The van der Waals surface area contributed by atoms with Crippen molar-refractivity contribution in [1.29, 1.82) is 0 Å². The van der Waals surface area contributed by atoms with Gasteiger partial charge in [0.2, 0.25) is 0 Å². The molecule has 0 unspecified atom stereocenters. The molecule has 0 atom stereocenters. The molecule has 0 aromatic heterocycles.